The van der Waals surface area contributed by atoms with E-state index < -0.39 is 0 Å². The molecule has 2 aromatic heterocycles. The highest BCUT2D eigenvalue weighted by Crippen LogP contribution is 2.37. The van der Waals surface area contributed by atoms with Gasteiger partial charge in [-0.25, -0.2) is 9.97 Å². The Balaban J connectivity index is 2.72. The maximum absolute atomic E-state index is 5.24. The van der Waals surface area contributed by atoms with E-state index in [9.17, 15) is 0 Å². The van der Waals surface area contributed by atoms with Crippen LogP contribution in [0.3, 0.4) is 0 Å². The first-order valence-corrected chi connectivity index (χ1v) is 5.31. The molecule has 3 aromatic rings. The van der Waals surface area contributed by atoms with Gasteiger partial charge in [0.15, 0.2) is 24.0 Å². The summed E-state index contributed by atoms with van der Waals surface area (Å²) in [6.07, 6.45) is 2.78. The van der Waals surface area contributed by atoms with Gasteiger partial charge in [0.2, 0.25) is 0 Å². The predicted molar refractivity (Wildman–Crippen MR) is 57.0 cm³/mol. The Morgan fingerprint density at radius 2 is 1.29 bits per heavy atom. The SMILES string of the molecule is Brc1c2ncoc2c(Br)c2ncoc12. The minimum absolute atomic E-state index is 0.665. The largest absolute Gasteiger partial charge is 0.442 e. The molecule has 1 aromatic carbocycles. The molecule has 0 unspecified atom stereocenters. The number of rotatable bonds is 0. The average Bonchev–Trinajstić information content (AvgIpc) is 2.82. The van der Waals surface area contributed by atoms with Crippen molar-refractivity contribution in [1.82, 2.24) is 9.97 Å². The van der Waals surface area contributed by atoms with E-state index in [-0.39, 0.29) is 0 Å². The van der Waals surface area contributed by atoms with Crippen molar-refractivity contribution in [3.8, 4) is 0 Å². The summed E-state index contributed by atoms with van der Waals surface area (Å²) in [6, 6.07) is 0. The Hall–Kier alpha value is -0.880. The number of benzene rings is 1. The molecular formula is C8H2Br2N2O2. The van der Waals surface area contributed by atoms with Crippen LogP contribution >= 0.6 is 31.9 Å². The highest BCUT2D eigenvalue weighted by Gasteiger charge is 2.17. The zero-order chi connectivity index (χ0) is 9.71. The first-order valence-electron chi connectivity index (χ1n) is 3.72. The lowest BCUT2D eigenvalue weighted by Gasteiger charge is -1.95. The second-order valence-corrected chi connectivity index (χ2v) is 4.27. The molecule has 0 radical (unpaired) electrons. The van der Waals surface area contributed by atoms with Crippen molar-refractivity contribution in [2.24, 2.45) is 0 Å². The van der Waals surface area contributed by atoms with Gasteiger partial charge in [-0.1, -0.05) is 0 Å². The zero-order valence-electron chi connectivity index (χ0n) is 6.62. The van der Waals surface area contributed by atoms with Crippen LogP contribution in [0, 0.1) is 0 Å². The van der Waals surface area contributed by atoms with Gasteiger partial charge < -0.3 is 8.83 Å². The normalized spacial score (nSPS) is 11.6. The van der Waals surface area contributed by atoms with Crippen LogP contribution in [0.15, 0.2) is 30.6 Å². The number of nitrogens with zero attached hydrogens (tertiary/aromatic N) is 2. The highest BCUT2D eigenvalue weighted by atomic mass is 79.9. The third-order valence-electron chi connectivity index (χ3n) is 1.95. The van der Waals surface area contributed by atoms with E-state index in [0.717, 1.165) is 20.0 Å². The maximum atomic E-state index is 5.24. The van der Waals surface area contributed by atoms with Gasteiger partial charge in [0, 0.05) is 0 Å². The monoisotopic (exact) mass is 316 g/mol. The molecule has 14 heavy (non-hydrogen) atoms. The highest BCUT2D eigenvalue weighted by molar-refractivity contribution is 9.11. The zero-order valence-corrected chi connectivity index (χ0v) is 9.79. The quantitative estimate of drug-likeness (QED) is 0.637. The van der Waals surface area contributed by atoms with Crippen LogP contribution in [-0.2, 0) is 0 Å². The molecule has 0 fully saturated rings. The van der Waals surface area contributed by atoms with Crippen LogP contribution in [0.2, 0.25) is 0 Å². The van der Waals surface area contributed by atoms with Gasteiger partial charge >= 0.3 is 0 Å². The topological polar surface area (TPSA) is 52.1 Å². The van der Waals surface area contributed by atoms with Gasteiger partial charge in [-0.2, -0.15) is 0 Å². The van der Waals surface area contributed by atoms with Crippen molar-refractivity contribution in [1.29, 1.82) is 0 Å². The van der Waals surface area contributed by atoms with Crippen molar-refractivity contribution in [3.63, 3.8) is 0 Å². The average molecular weight is 318 g/mol. The van der Waals surface area contributed by atoms with Crippen molar-refractivity contribution in [2.45, 2.75) is 0 Å². The van der Waals surface area contributed by atoms with Gasteiger partial charge in [0.25, 0.3) is 0 Å². The van der Waals surface area contributed by atoms with Gasteiger partial charge in [-0.15, -0.1) is 0 Å². The summed E-state index contributed by atoms with van der Waals surface area (Å²) in [5.74, 6) is 0. The number of oxazole rings is 2. The Kier molecular flexibility index (Phi) is 1.69. The molecular weight excluding hydrogens is 316 g/mol. The third kappa shape index (κ3) is 0.923. The van der Waals surface area contributed by atoms with Gasteiger partial charge in [-0.05, 0) is 31.9 Å². The van der Waals surface area contributed by atoms with Crippen molar-refractivity contribution in [3.05, 3.63) is 21.7 Å². The molecule has 0 aliphatic carbocycles. The first kappa shape index (κ1) is 8.43. The summed E-state index contributed by atoms with van der Waals surface area (Å²) < 4.78 is 12.0. The Bertz CT molecular complexity index is 526. The van der Waals surface area contributed by atoms with Crippen molar-refractivity contribution < 1.29 is 8.83 Å². The van der Waals surface area contributed by atoms with Crippen LogP contribution < -0.4 is 0 Å². The summed E-state index contributed by atoms with van der Waals surface area (Å²) in [5, 5.41) is 0. The fourth-order valence-corrected chi connectivity index (χ4v) is 2.46. The summed E-state index contributed by atoms with van der Waals surface area (Å²) in [4.78, 5) is 8.15. The summed E-state index contributed by atoms with van der Waals surface area (Å²) >= 11 is 6.80. The Labute approximate surface area is 94.6 Å². The second kappa shape index (κ2) is 2.80. The lowest BCUT2D eigenvalue weighted by Crippen LogP contribution is -1.77. The third-order valence-corrected chi connectivity index (χ3v) is 3.42. The molecule has 0 spiro atoms. The lowest BCUT2D eigenvalue weighted by molar-refractivity contribution is 0.598. The van der Waals surface area contributed by atoms with Crippen molar-refractivity contribution >= 4 is 54.1 Å². The van der Waals surface area contributed by atoms with Gasteiger partial charge in [0.1, 0.15) is 11.0 Å². The van der Waals surface area contributed by atoms with E-state index in [1.165, 1.54) is 12.8 Å². The Morgan fingerprint density at radius 1 is 0.857 bits per heavy atom. The maximum Gasteiger partial charge on any atom is 0.182 e. The van der Waals surface area contributed by atoms with E-state index >= 15 is 0 Å². The number of hydrogen-bond acceptors (Lipinski definition) is 4. The summed E-state index contributed by atoms with van der Waals surface area (Å²) in [6.45, 7) is 0. The summed E-state index contributed by atoms with van der Waals surface area (Å²) in [5.41, 5.74) is 2.78. The molecule has 0 saturated heterocycles. The van der Waals surface area contributed by atoms with E-state index in [4.69, 9.17) is 8.83 Å². The Morgan fingerprint density at radius 3 is 1.71 bits per heavy atom. The molecule has 3 rings (SSSR count). The molecule has 0 saturated carbocycles. The fourth-order valence-electron chi connectivity index (χ4n) is 1.33. The van der Waals surface area contributed by atoms with Crippen molar-refractivity contribution in [2.75, 3.05) is 0 Å². The molecule has 0 amide bonds. The molecule has 4 nitrogen and oxygen atoms in total. The second-order valence-electron chi connectivity index (χ2n) is 2.69. The summed E-state index contributed by atoms with van der Waals surface area (Å²) in [7, 11) is 0. The van der Waals surface area contributed by atoms with Crippen LogP contribution in [0.5, 0.6) is 0 Å². The first-order chi connectivity index (χ1) is 6.79. The van der Waals surface area contributed by atoms with Crippen LogP contribution in [-0.4, -0.2) is 9.97 Å². The minimum atomic E-state index is 0.665. The van der Waals surface area contributed by atoms with Gasteiger partial charge in [0.05, 0.1) is 8.95 Å². The smallest absolute Gasteiger partial charge is 0.182 e. The van der Waals surface area contributed by atoms with Crippen LogP contribution in [0.4, 0.5) is 0 Å². The van der Waals surface area contributed by atoms with E-state index in [1.54, 1.807) is 0 Å². The predicted octanol–water partition coefficient (Wildman–Crippen LogP) is 3.49. The number of hydrogen-bond donors (Lipinski definition) is 0. The van der Waals surface area contributed by atoms with Crippen LogP contribution in [0.25, 0.3) is 22.2 Å². The molecule has 2 heterocycles. The number of aromatic nitrogens is 2. The number of halogens is 2. The molecule has 6 heteroatoms. The number of fused-ring (bicyclic) bond motifs is 2. The molecule has 0 bridgehead atoms. The molecule has 0 N–H and O–H groups in total. The minimum Gasteiger partial charge on any atom is -0.442 e. The molecule has 0 aliphatic rings. The van der Waals surface area contributed by atoms with Gasteiger partial charge in [-0.3, -0.25) is 0 Å². The fraction of sp³-hybridized carbons (Fsp3) is 0. The lowest BCUT2D eigenvalue weighted by atomic mass is 10.3. The van der Waals surface area contributed by atoms with Crippen LogP contribution in [0.1, 0.15) is 0 Å². The molecule has 0 aliphatic heterocycles. The van der Waals surface area contributed by atoms with E-state index in [1.807, 2.05) is 0 Å². The van der Waals surface area contributed by atoms with E-state index in [0.29, 0.717) is 11.2 Å². The standard InChI is InChI=1S/C8H2Br2N2O2/c9-3-5-7(13-1-11-5)4(10)6-8(3)14-2-12-6/h1-2H. The molecule has 0 atom stereocenters. The van der Waals surface area contributed by atoms with E-state index in [2.05, 4.69) is 41.8 Å². The molecule has 70 valence electrons.